The molecular weight excluding hydrogens is 308 g/mol. The van der Waals surface area contributed by atoms with E-state index in [4.69, 9.17) is 0 Å². The lowest BCUT2D eigenvalue weighted by Crippen LogP contribution is -2.42. The summed E-state index contributed by atoms with van der Waals surface area (Å²) in [5.74, 6) is -0.907. The average molecular weight is 327 g/mol. The topological polar surface area (TPSA) is 52.6 Å². The smallest absolute Gasteiger partial charge is 0.338 e. The summed E-state index contributed by atoms with van der Waals surface area (Å²) in [5, 5.41) is 12.7. The molecule has 4 nitrogen and oxygen atoms in total. The number of halogens is 1. The van der Waals surface area contributed by atoms with Crippen LogP contribution < -0.4 is 5.32 Å². The van der Waals surface area contributed by atoms with Gasteiger partial charge < -0.3 is 15.3 Å². The highest BCUT2D eigenvalue weighted by atomic mass is 79.9. The first-order valence-electron chi connectivity index (χ1n) is 6.47. The first-order chi connectivity index (χ1) is 8.99. The van der Waals surface area contributed by atoms with Crippen LogP contribution in [0.15, 0.2) is 22.7 Å². The first kappa shape index (κ1) is 14.3. The van der Waals surface area contributed by atoms with Crippen LogP contribution in [0.25, 0.3) is 0 Å². The number of nitrogens with one attached hydrogen (secondary N) is 1. The van der Waals surface area contributed by atoms with Gasteiger partial charge in [-0.1, -0.05) is 6.07 Å². The van der Waals surface area contributed by atoms with E-state index in [9.17, 15) is 9.90 Å². The highest BCUT2D eigenvalue weighted by Gasteiger charge is 2.24. The van der Waals surface area contributed by atoms with Crippen LogP contribution in [0.5, 0.6) is 0 Å². The number of piperidine rings is 1. The minimum absolute atomic E-state index is 0.314. The van der Waals surface area contributed by atoms with Crippen LogP contribution in [-0.2, 0) is 0 Å². The monoisotopic (exact) mass is 326 g/mol. The second-order valence-electron chi connectivity index (χ2n) is 5.16. The molecule has 1 aromatic rings. The Labute approximate surface area is 121 Å². The van der Waals surface area contributed by atoms with Crippen LogP contribution in [0.3, 0.4) is 0 Å². The summed E-state index contributed by atoms with van der Waals surface area (Å²) in [6.45, 7) is 3.24. The number of anilines is 1. The molecule has 104 valence electrons. The molecule has 1 saturated heterocycles. The van der Waals surface area contributed by atoms with Crippen LogP contribution in [0, 0.1) is 0 Å². The molecule has 1 heterocycles. The normalized spacial score (nSPS) is 24.2. The van der Waals surface area contributed by atoms with Crippen LogP contribution in [0.1, 0.15) is 30.1 Å². The molecule has 0 saturated carbocycles. The van der Waals surface area contributed by atoms with E-state index in [2.05, 4.69) is 40.1 Å². The number of carbonyl (C=O) groups is 1. The summed E-state index contributed by atoms with van der Waals surface area (Å²) in [6.07, 6.45) is 2.06. The molecule has 2 unspecified atom stereocenters. The fraction of sp³-hybridized carbons (Fsp3) is 0.500. The van der Waals surface area contributed by atoms with Crippen LogP contribution in [0.4, 0.5) is 5.69 Å². The van der Waals surface area contributed by atoms with Gasteiger partial charge in [0.15, 0.2) is 0 Å². The summed E-state index contributed by atoms with van der Waals surface area (Å²) in [5.41, 5.74) is 1.01. The predicted molar refractivity (Wildman–Crippen MR) is 79.8 cm³/mol. The van der Waals surface area contributed by atoms with Gasteiger partial charge in [0.25, 0.3) is 0 Å². The van der Waals surface area contributed by atoms with E-state index >= 15 is 0 Å². The van der Waals surface area contributed by atoms with Gasteiger partial charge in [0.2, 0.25) is 0 Å². The maximum Gasteiger partial charge on any atom is 0.338 e. The maximum atomic E-state index is 11.3. The summed E-state index contributed by atoms with van der Waals surface area (Å²) >= 11 is 3.30. The van der Waals surface area contributed by atoms with Crippen molar-refractivity contribution in [2.75, 3.05) is 18.9 Å². The van der Waals surface area contributed by atoms with Gasteiger partial charge >= 0.3 is 5.97 Å². The summed E-state index contributed by atoms with van der Waals surface area (Å²) < 4.78 is 0.617. The molecule has 0 aromatic heterocycles. The third-order valence-corrected chi connectivity index (χ3v) is 4.46. The summed E-state index contributed by atoms with van der Waals surface area (Å²) in [4.78, 5) is 13.7. The highest BCUT2D eigenvalue weighted by molar-refractivity contribution is 9.10. The molecule has 1 aliphatic heterocycles. The molecule has 5 heteroatoms. The molecule has 1 aromatic carbocycles. The SMILES string of the molecule is CC1CC(Nc2cccc(Br)c2C(=O)O)CCN1C. The van der Waals surface area contributed by atoms with E-state index in [1.165, 1.54) is 0 Å². The fourth-order valence-corrected chi connectivity index (χ4v) is 3.04. The number of nitrogens with zero attached hydrogens (tertiary/aromatic N) is 1. The lowest BCUT2D eigenvalue weighted by molar-refractivity contribution is 0.0697. The van der Waals surface area contributed by atoms with Crippen molar-refractivity contribution in [3.63, 3.8) is 0 Å². The van der Waals surface area contributed by atoms with Crippen molar-refractivity contribution in [3.8, 4) is 0 Å². The van der Waals surface area contributed by atoms with Crippen molar-refractivity contribution in [1.82, 2.24) is 4.90 Å². The number of hydrogen-bond donors (Lipinski definition) is 2. The third-order valence-electron chi connectivity index (χ3n) is 3.80. The van der Waals surface area contributed by atoms with E-state index in [1.807, 2.05) is 12.1 Å². The first-order valence-corrected chi connectivity index (χ1v) is 7.27. The minimum Gasteiger partial charge on any atom is -0.478 e. The molecule has 0 spiro atoms. The van der Waals surface area contributed by atoms with Crippen molar-refractivity contribution in [3.05, 3.63) is 28.2 Å². The Hall–Kier alpha value is -1.07. The van der Waals surface area contributed by atoms with E-state index < -0.39 is 5.97 Å². The predicted octanol–water partition coefficient (Wildman–Crippen LogP) is 3.04. The lowest BCUT2D eigenvalue weighted by Gasteiger charge is -2.36. The molecule has 1 aliphatic rings. The van der Waals surface area contributed by atoms with Gasteiger partial charge in [-0.15, -0.1) is 0 Å². The molecule has 0 amide bonds. The number of hydrogen-bond acceptors (Lipinski definition) is 3. The number of carboxylic acid groups (broad SMARTS) is 1. The molecule has 19 heavy (non-hydrogen) atoms. The summed E-state index contributed by atoms with van der Waals surface area (Å²) in [6, 6.07) is 6.30. The Morgan fingerprint density at radius 2 is 2.26 bits per heavy atom. The minimum atomic E-state index is -0.907. The third kappa shape index (κ3) is 3.28. The number of rotatable bonds is 3. The second kappa shape index (κ2) is 5.92. The fourth-order valence-electron chi connectivity index (χ4n) is 2.50. The van der Waals surface area contributed by atoms with Crippen molar-refractivity contribution in [1.29, 1.82) is 0 Å². The largest absolute Gasteiger partial charge is 0.478 e. The molecule has 2 atom stereocenters. The Bertz CT molecular complexity index is 479. The number of aromatic carboxylic acids is 1. The van der Waals surface area contributed by atoms with Gasteiger partial charge in [-0.3, -0.25) is 0 Å². The Balaban J connectivity index is 2.15. The van der Waals surface area contributed by atoms with E-state index in [1.54, 1.807) is 6.07 Å². The Kier molecular flexibility index (Phi) is 4.47. The Morgan fingerprint density at radius 1 is 1.53 bits per heavy atom. The zero-order valence-electron chi connectivity index (χ0n) is 11.2. The van der Waals surface area contributed by atoms with Gasteiger partial charge in [0.1, 0.15) is 0 Å². The quantitative estimate of drug-likeness (QED) is 0.896. The molecule has 0 aliphatic carbocycles. The van der Waals surface area contributed by atoms with Gasteiger partial charge in [-0.05, 0) is 54.9 Å². The number of likely N-dealkylation sites (tertiary alicyclic amines) is 1. The van der Waals surface area contributed by atoms with Crippen LogP contribution in [-0.4, -0.2) is 41.7 Å². The molecular formula is C14H19BrN2O2. The van der Waals surface area contributed by atoms with Gasteiger partial charge in [0.05, 0.1) is 11.3 Å². The molecule has 1 fully saturated rings. The standard InChI is InChI=1S/C14H19BrN2O2/c1-9-8-10(6-7-17(9)2)16-12-5-3-4-11(15)13(12)14(18)19/h3-5,9-10,16H,6-8H2,1-2H3,(H,18,19). The van der Waals surface area contributed by atoms with E-state index in [-0.39, 0.29) is 0 Å². The summed E-state index contributed by atoms with van der Waals surface area (Å²) in [7, 11) is 2.13. The molecule has 2 N–H and O–H groups in total. The number of carboxylic acids is 1. The number of benzene rings is 1. The zero-order valence-corrected chi connectivity index (χ0v) is 12.8. The average Bonchev–Trinajstić information content (AvgIpc) is 2.33. The molecule has 2 rings (SSSR count). The second-order valence-corrected chi connectivity index (χ2v) is 6.02. The molecule has 0 bridgehead atoms. The highest BCUT2D eigenvalue weighted by Crippen LogP contribution is 2.27. The van der Waals surface area contributed by atoms with Gasteiger partial charge in [-0.25, -0.2) is 4.79 Å². The van der Waals surface area contributed by atoms with Gasteiger partial charge in [0, 0.05) is 23.1 Å². The van der Waals surface area contributed by atoms with Gasteiger partial charge in [-0.2, -0.15) is 0 Å². The van der Waals surface area contributed by atoms with Crippen molar-refractivity contribution >= 4 is 27.6 Å². The van der Waals surface area contributed by atoms with Crippen LogP contribution >= 0.6 is 15.9 Å². The lowest BCUT2D eigenvalue weighted by atomic mass is 9.98. The van der Waals surface area contributed by atoms with E-state index in [0.29, 0.717) is 27.8 Å². The maximum absolute atomic E-state index is 11.3. The van der Waals surface area contributed by atoms with E-state index in [0.717, 1.165) is 19.4 Å². The van der Waals surface area contributed by atoms with Crippen molar-refractivity contribution in [2.24, 2.45) is 0 Å². The molecule has 0 radical (unpaired) electrons. The van der Waals surface area contributed by atoms with Crippen molar-refractivity contribution < 1.29 is 9.90 Å². The van der Waals surface area contributed by atoms with Crippen molar-refractivity contribution in [2.45, 2.75) is 31.8 Å². The zero-order chi connectivity index (χ0) is 14.0. The van der Waals surface area contributed by atoms with Crippen LogP contribution in [0.2, 0.25) is 0 Å². The Morgan fingerprint density at radius 3 is 2.89 bits per heavy atom.